The Labute approximate surface area is 420 Å². The summed E-state index contributed by atoms with van der Waals surface area (Å²) in [6.07, 6.45) is -12.7. The Morgan fingerprint density at radius 3 is 1.53 bits per heavy atom. The number of primary amides is 1. The molecule has 2 aliphatic rings. The number of likely N-dealkylation sites (tertiary alicyclic amines) is 1. The number of hydrogen-bond donors (Lipinski definition) is 17. The molecule has 0 aliphatic carbocycles. The smallest absolute Gasteiger partial charge is 0.245 e. The van der Waals surface area contributed by atoms with E-state index in [2.05, 4.69) is 42.5 Å². The molecule has 2 aliphatic heterocycles. The molecule has 0 aromatic carbocycles. The molecule has 2 fully saturated rings. The maximum atomic E-state index is 14.3. The van der Waals surface area contributed by atoms with E-state index in [-0.39, 0.29) is 19.4 Å². The van der Waals surface area contributed by atoms with Crippen molar-refractivity contribution in [2.75, 3.05) is 26.4 Å². The van der Waals surface area contributed by atoms with Gasteiger partial charge in [0.2, 0.25) is 59.1 Å². The minimum atomic E-state index is -2.08. The van der Waals surface area contributed by atoms with Gasteiger partial charge in [0.05, 0.1) is 44.2 Å². The number of nitrogens with zero attached hydrogens (tertiary/aromatic N) is 1. The van der Waals surface area contributed by atoms with Gasteiger partial charge >= 0.3 is 0 Å². The number of nitrogens with two attached hydrogens (primary N) is 1. The zero-order valence-corrected chi connectivity index (χ0v) is 41.8. The van der Waals surface area contributed by atoms with Gasteiger partial charge in [-0.15, -0.1) is 0 Å². The van der Waals surface area contributed by atoms with Crippen LogP contribution in [0.5, 0.6) is 0 Å². The van der Waals surface area contributed by atoms with Gasteiger partial charge in [-0.25, -0.2) is 0 Å². The lowest BCUT2D eigenvalue weighted by Crippen LogP contribution is -2.67. The summed E-state index contributed by atoms with van der Waals surface area (Å²) in [6, 6.07) is -15.4. The van der Waals surface area contributed by atoms with Crippen molar-refractivity contribution in [2.45, 2.75) is 178 Å². The van der Waals surface area contributed by atoms with Crippen molar-refractivity contribution in [3.8, 4) is 0 Å². The first-order valence-electron chi connectivity index (χ1n) is 23.6. The summed E-state index contributed by atoms with van der Waals surface area (Å²) in [4.78, 5) is 133. The summed E-state index contributed by atoms with van der Waals surface area (Å²) < 4.78 is 11.5. The van der Waals surface area contributed by atoms with E-state index in [0.29, 0.717) is 6.42 Å². The highest BCUT2D eigenvalue weighted by Gasteiger charge is 2.48. The lowest BCUT2D eigenvalue weighted by atomic mass is 9.96. The molecule has 416 valence electrons. The monoisotopic (exact) mass is 1050 g/mol. The van der Waals surface area contributed by atoms with Gasteiger partial charge < -0.3 is 103 Å². The second-order valence-electron chi connectivity index (χ2n) is 18.1. The normalized spacial score (nSPS) is 24.7. The first-order valence-corrected chi connectivity index (χ1v) is 23.6. The Balaban J connectivity index is 2.53. The van der Waals surface area contributed by atoms with E-state index < -0.39 is 188 Å². The SMILES string of the molecule is CC[C@H](C)[C@H](NC(=O)[C@H](CO)NC(=O)[C@@H](NC(=O)[C@@H](NC(=O)[C@@H](NC(=O)[C@@H]1CCCN1C(C)=O)[C@@H](C)O)[C@@H](C)O)[C@@H](C)O[C@H]1O[C@H](CO)[C@H](O)[C@H](O)[C@H]1NC(C)=O)C(=O)N[C@@H](CO)C(=O)N[C@H](C(N)=O)[C@@H](C)O. The van der Waals surface area contributed by atoms with E-state index >= 15 is 0 Å². The van der Waals surface area contributed by atoms with E-state index in [1.807, 2.05) is 0 Å². The molecule has 0 radical (unpaired) electrons. The van der Waals surface area contributed by atoms with Crippen LogP contribution in [0.25, 0.3) is 0 Å². The van der Waals surface area contributed by atoms with Crippen molar-refractivity contribution in [1.29, 1.82) is 0 Å². The van der Waals surface area contributed by atoms with Crippen molar-refractivity contribution in [3.63, 3.8) is 0 Å². The van der Waals surface area contributed by atoms with E-state index in [1.165, 1.54) is 18.7 Å². The van der Waals surface area contributed by atoms with Crippen molar-refractivity contribution < 1.29 is 98.3 Å². The molecule has 0 aromatic rings. The molecule has 18 atom stereocenters. The zero-order chi connectivity index (χ0) is 55.8. The quantitative estimate of drug-likeness (QED) is 0.0363. The highest BCUT2D eigenvalue weighted by molar-refractivity contribution is 5.98. The minimum Gasteiger partial charge on any atom is -0.394 e. The van der Waals surface area contributed by atoms with Gasteiger partial charge in [0, 0.05) is 20.4 Å². The topological polar surface area (TPSA) is 476 Å². The third kappa shape index (κ3) is 17.7. The number of nitrogens with one attached hydrogen (secondary N) is 8. The molecule has 73 heavy (non-hydrogen) atoms. The van der Waals surface area contributed by atoms with Crippen LogP contribution in [-0.2, 0) is 57.4 Å². The molecule has 2 rings (SSSR count). The molecule has 2 heterocycles. The molecule has 0 spiro atoms. The Morgan fingerprint density at radius 1 is 0.644 bits per heavy atom. The zero-order valence-electron chi connectivity index (χ0n) is 41.8. The highest BCUT2D eigenvalue weighted by Crippen LogP contribution is 2.24. The Kier molecular flexibility index (Phi) is 25.4. The van der Waals surface area contributed by atoms with Crippen molar-refractivity contribution >= 4 is 59.1 Å². The van der Waals surface area contributed by atoms with E-state index in [9.17, 15) is 88.8 Å². The fourth-order valence-electron chi connectivity index (χ4n) is 7.79. The third-order valence-electron chi connectivity index (χ3n) is 12.2. The molecule has 0 saturated carbocycles. The molecule has 0 bridgehead atoms. The largest absolute Gasteiger partial charge is 0.394 e. The summed E-state index contributed by atoms with van der Waals surface area (Å²) in [7, 11) is 0. The van der Waals surface area contributed by atoms with Crippen molar-refractivity contribution in [3.05, 3.63) is 0 Å². The standard InChI is InChI=1S/C43H74N10O20/c1-9-16(2)27(39(68)46-24(14-55)37(66)49-28(17(3)57)35(44)64)48-36(65)23(13-54)47-42(71)31(20(6)72-43-32(45-21(7)60)34(63)33(62)26(15-56)73-43)52-41(70)30(19(5)59)51-40(69)29(18(4)58)50-38(67)25-11-10-12-53(25)22(8)61/h16-20,23-34,43,54-59,62-63H,9-15H2,1-8H3,(H2,44,64)(H,45,60)(H,46,68)(H,47,71)(H,48,65)(H,49,66)(H,50,67)(H,51,69)(H,52,70)/t16-,17+,18+,19+,20+,23-,24-,25-,26+,27-,28-,29-,30-,31-,32+,33-,34+,43-/m0/s1. The predicted molar refractivity (Wildman–Crippen MR) is 248 cm³/mol. The number of hydrogen-bond acceptors (Lipinski definition) is 20. The van der Waals surface area contributed by atoms with Gasteiger partial charge in [0.15, 0.2) is 6.29 Å². The number of ether oxygens (including phenoxy) is 2. The number of carbonyl (C=O) groups is 10. The number of aliphatic hydroxyl groups is 8. The first kappa shape index (κ1) is 63.4. The first-order chi connectivity index (χ1) is 34.1. The van der Waals surface area contributed by atoms with Crippen LogP contribution in [0.3, 0.4) is 0 Å². The predicted octanol–water partition coefficient (Wildman–Crippen LogP) is -9.60. The molecular formula is C43H74N10O20. The summed E-state index contributed by atoms with van der Waals surface area (Å²) in [5, 5.41) is 101. The van der Waals surface area contributed by atoms with Crippen LogP contribution in [-0.4, -0.2) is 235 Å². The molecule has 2 saturated heterocycles. The van der Waals surface area contributed by atoms with Crippen molar-refractivity contribution in [2.24, 2.45) is 11.7 Å². The van der Waals surface area contributed by atoms with Gasteiger partial charge in [-0.1, -0.05) is 20.3 Å². The third-order valence-corrected chi connectivity index (χ3v) is 12.2. The number of carbonyl (C=O) groups excluding carboxylic acids is 10. The Hall–Kier alpha value is -5.70. The van der Waals surface area contributed by atoms with Crippen LogP contribution in [0.2, 0.25) is 0 Å². The summed E-state index contributed by atoms with van der Waals surface area (Å²) >= 11 is 0. The van der Waals surface area contributed by atoms with Gasteiger partial charge in [-0.3, -0.25) is 47.9 Å². The van der Waals surface area contributed by atoms with E-state index in [1.54, 1.807) is 6.92 Å². The molecular weight excluding hydrogens is 977 g/mol. The number of aliphatic hydroxyl groups excluding tert-OH is 8. The Bertz CT molecular complexity index is 1950. The lowest BCUT2D eigenvalue weighted by Gasteiger charge is -2.43. The van der Waals surface area contributed by atoms with Crippen LogP contribution in [0.4, 0.5) is 0 Å². The summed E-state index contributed by atoms with van der Waals surface area (Å²) in [5.74, 6) is -11.3. The average molecular weight is 1050 g/mol. The fraction of sp³-hybridized carbons (Fsp3) is 0.767. The van der Waals surface area contributed by atoms with Gasteiger partial charge in [-0.2, -0.15) is 0 Å². The van der Waals surface area contributed by atoms with Crippen LogP contribution in [0, 0.1) is 5.92 Å². The fourth-order valence-corrected chi connectivity index (χ4v) is 7.79. The lowest BCUT2D eigenvalue weighted by molar-refractivity contribution is -0.281. The van der Waals surface area contributed by atoms with E-state index in [0.717, 1.165) is 34.6 Å². The van der Waals surface area contributed by atoms with Crippen LogP contribution < -0.4 is 48.3 Å². The summed E-state index contributed by atoms with van der Waals surface area (Å²) in [6.45, 7) is 6.99. The second kappa shape index (κ2) is 29.3. The number of amides is 10. The van der Waals surface area contributed by atoms with Gasteiger partial charge in [0.25, 0.3) is 0 Å². The van der Waals surface area contributed by atoms with Gasteiger partial charge in [0.1, 0.15) is 72.7 Å². The minimum absolute atomic E-state index is 0.190. The molecule has 0 unspecified atom stereocenters. The van der Waals surface area contributed by atoms with Gasteiger partial charge in [-0.05, 0) is 46.5 Å². The van der Waals surface area contributed by atoms with Crippen LogP contribution >= 0.6 is 0 Å². The second-order valence-corrected chi connectivity index (χ2v) is 18.1. The van der Waals surface area contributed by atoms with Crippen LogP contribution in [0.1, 0.15) is 74.7 Å². The maximum absolute atomic E-state index is 14.3. The van der Waals surface area contributed by atoms with E-state index in [4.69, 9.17) is 15.2 Å². The van der Waals surface area contributed by atoms with Crippen molar-refractivity contribution in [1.82, 2.24) is 47.4 Å². The van der Waals surface area contributed by atoms with Crippen LogP contribution in [0.15, 0.2) is 0 Å². The molecule has 0 aromatic heterocycles. The molecule has 30 heteroatoms. The average Bonchev–Trinajstić information content (AvgIpc) is 3.83. The molecule has 18 N–H and O–H groups in total. The Morgan fingerprint density at radius 2 is 1.10 bits per heavy atom. The molecule has 10 amide bonds. The summed E-state index contributed by atoms with van der Waals surface area (Å²) in [5.41, 5.74) is 5.22. The highest BCUT2D eigenvalue weighted by atomic mass is 16.7. The number of rotatable bonds is 27. The maximum Gasteiger partial charge on any atom is 0.245 e. The molecule has 30 nitrogen and oxygen atoms in total.